The molecule has 2 atom stereocenters. The zero-order valence-corrected chi connectivity index (χ0v) is 20.6. The number of hydrogen-bond donors (Lipinski definition) is 3. The summed E-state index contributed by atoms with van der Waals surface area (Å²) in [4.78, 5) is 37.3. The molecular formula is C28H34N2O5. The number of benzene rings is 2. The molecule has 1 fully saturated rings. The Hall–Kier alpha value is -3.35. The molecule has 0 bridgehead atoms. The van der Waals surface area contributed by atoms with E-state index in [2.05, 4.69) is 34.9 Å². The minimum Gasteiger partial charge on any atom is -0.481 e. The van der Waals surface area contributed by atoms with E-state index in [0.29, 0.717) is 12.8 Å². The molecule has 2 amide bonds. The molecule has 2 aliphatic carbocycles. The van der Waals surface area contributed by atoms with E-state index in [-0.39, 0.29) is 25.0 Å². The number of carbonyl (C=O) groups excluding carboxylic acids is 2. The molecular weight excluding hydrogens is 444 g/mol. The smallest absolute Gasteiger partial charge is 0.407 e. The van der Waals surface area contributed by atoms with Gasteiger partial charge in [0.05, 0.1) is 16.9 Å². The Kier molecular flexibility index (Phi) is 6.88. The van der Waals surface area contributed by atoms with Gasteiger partial charge in [-0.3, -0.25) is 9.59 Å². The molecule has 0 radical (unpaired) electrons. The molecule has 186 valence electrons. The van der Waals surface area contributed by atoms with Gasteiger partial charge in [0.2, 0.25) is 5.91 Å². The topological polar surface area (TPSA) is 105 Å². The van der Waals surface area contributed by atoms with Gasteiger partial charge < -0.3 is 20.5 Å². The number of carboxylic acids is 1. The first-order chi connectivity index (χ1) is 16.6. The average molecular weight is 479 g/mol. The van der Waals surface area contributed by atoms with Gasteiger partial charge in [-0.1, -0.05) is 61.4 Å². The van der Waals surface area contributed by atoms with Crippen LogP contribution in [0.5, 0.6) is 0 Å². The maximum atomic E-state index is 13.0. The molecule has 0 aromatic heterocycles. The number of carboxylic acid groups (broad SMARTS) is 1. The maximum absolute atomic E-state index is 13.0. The lowest BCUT2D eigenvalue weighted by Gasteiger charge is -2.41. The number of fused-ring (bicyclic) bond motifs is 3. The molecule has 0 heterocycles. The maximum Gasteiger partial charge on any atom is 0.407 e. The van der Waals surface area contributed by atoms with E-state index in [4.69, 9.17) is 4.74 Å². The van der Waals surface area contributed by atoms with Crippen LogP contribution in [0.3, 0.4) is 0 Å². The van der Waals surface area contributed by atoms with Gasteiger partial charge in [0.25, 0.3) is 0 Å². The second-order valence-electron chi connectivity index (χ2n) is 10.6. The molecule has 2 aromatic carbocycles. The van der Waals surface area contributed by atoms with Crippen molar-refractivity contribution < 1.29 is 24.2 Å². The normalized spacial score (nSPS) is 21.5. The molecule has 7 heteroatoms. The lowest BCUT2D eigenvalue weighted by Crippen LogP contribution is -2.58. The van der Waals surface area contributed by atoms with Gasteiger partial charge in [0, 0.05) is 12.5 Å². The predicted molar refractivity (Wildman–Crippen MR) is 133 cm³/mol. The van der Waals surface area contributed by atoms with Crippen molar-refractivity contribution in [3.05, 3.63) is 59.7 Å². The van der Waals surface area contributed by atoms with Gasteiger partial charge in [0.1, 0.15) is 6.61 Å². The fourth-order valence-corrected chi connectivity index (χ4v) is 5.28. The highest BCUT2D eigenvalue weighted by Crippen LogP contribution is 2.44. The van der Waals surface area contributed by atoms with E-state index in [0.717, 1.165) is 35.1 Å². The first kappa shape index (κ1) is 24.8. The van der Waals surface area contributed by atoms with Crippen molar-refractivity contribution in [3.8, 4) is 11.1 Å². The molecule has 35 heavy (non-hydrogen) atoms. The average Bonchev–Trinajstić information content (AvgIpc) is 3.15. The standard InChI is InChI=1S/C28H34N2O5/c1-27(2,25(32)33)17-29-24(31)23-14-8-9-15-28(23,3)30-26(34)35-16-22-20-12-6-4-10-18(20)19-11-5-7-13-21(19)22/h4-7,10-13,22-23H,8-9,14-17H2,1-3H3,(H,29,31)(H,30,34)(H,32,33). The fraction of sp³-hybridized carbons (Fsp3) is 0.464. The van der Waals surface area contributed by atoms with Crippen LogP contribution in [-0.4, -0.2) is 41.8 Å². The molecule has 7 nitrogen and oxygen atoms in total. The third-order valence-electron chi connectivity index (χ3n) is 7.54. The van der Waals surface area contributed by atoms with Crippen molar-refractivity contribution in [2.45, 2.75) is 57.9 Å². The summed E-state index contributed by atoms with van der Waals surface area (Å²) in [5, 5.41) is 15.1. The Bertz CT molecular complexity index is 1080. The molecule has 0 aliphatic heterocycles. The molecule has 2 aliphatic rings. The summed E-state index contributed by atoms with van der Waals surface area (Å²) in [5.41, 5.74) is 2.78. The molecule has 2 unspecified atom stereocenters. The fourth-order valence-electron chi connectivity index (χ4n) is 5.28. The highest BCUT2D eigenvalue weighted by molar-refractivity contribution is 5.83. The number of alkyl carbamates (subject to hydrolysis) is 1. The Labute approximate surface area is 206 Å². The van der Waals surface area contributed by atoms with Crippen LogP contribution in [0.4, 0.5) is 4.79 Å². The number of hydrogen-bond acceptors (Lipinski definition) is 4. The number of carbonyl (C=O) groups is 3. The van der Waals surface area contributed by atoms with Crippen molar-refractivity contribution in [2.24, 2.45) is 11.3 Å². The van der Waals surface area contributed by atoms with E-state index in [1.54, 1.807) is 13.8 Å². The Balaban J connectivity index is 1.41. The minimum atomic E-state index is -1.07. The van der Waals surface area contributed by atoms with Crippen LogP contribution in [0.25, 0.3) is 11.1 Å². The highest BCUT2D eigenvalue weighted by atomic mass is 16.5. The van der Waals surface area contributed by atoms with Gasteiger partial charge in [-0.05, 0) is 55.9 Å². The van der Waals surface area contributed by atoms with Crippen LogP contribution in [0.2, 0.25) is 0 Å². The second-order valence-corrected chi connectivity index (χ2v) is 10.6. The lowest BCUT2D eigenvalue weighted by atomic mass is 9.73. The van der Waals surface area contributed by atoms with E-state index in [1.165, 1.54) is 0 Å². The van der Waals surface area contributed by atoms with Crippen LogP contribution in [0, 0.1) is 11.3 Å². The Morgan fingerprint density at radius 2 is 1.63 bits per heavy atom. The first-order valence-corrected chi connectivity index (χ1v) is 12.3. The van der Waals surface area contributed by atoms with Gasteiger partial charge in [-0.25, -0.2) is 4.79 Å². The number of ether oxygens (including phenoxy) is 1. The summed E-state index contributed by atoms with van der Waals surface area (Å²) in [6.45, 7) is 5.26. The summed E-state index contributed by atoms with van der Waals surface area (Å²) in [5.74, 6) is -1.70. The van der Waals surface area contributed by atoms with Crippen LogP contribution in [0.1, 0.15) is 63.5 Å². The van der Waals surface area contributed by atoms with Gasteiger partial charge in [-0.15, -0.1) is 0 Å². The Morgan fingerprint density at radius 1 is 1.03 bits per heavy atom. The van der Waals surface area contributed by atoms with Crippen molar-refractivity contribution in [3.63, 3.8) is 0 Å². The van der Waals surface area contributed by atoms with E-state index >= 15 is 0 Å². The number of nitrogens with one attached hydrogen (secondary N) is 2. The van der Waals surface area contributed by atoms with Crippen molar-refractivity contribution in [1.29, 1.82) is 0 Å². The lowest BCUT2D eigenvalue weighted by molar-refractivity contribution is -0.147. The summed E-state index contributed by atoms with van der Waals surface area (Å²) in [6.07, 6.45) is 2.50. The SMILES string of the molecule is CC(C)(CNC(=O)C1CCCCC1(C)NC(=O)OCC1c2ccccc2-c2ccccc21)C(=O)O. The third kappa shape index (κ3) is 5.04. The quantitative estimate of drug-likeness (QED) is 0.535. The molecule has 0 saturated heterocycles. The number of rotatable bonds is 7. The highest BCUT2D eigenvalue weighted by Gasteiger charge is 2.43. The van der Waals surface area contributed by atoms with Crippen LogP contribution < -0.4 is 10.6 Å². The summed E-state index contributed by atoms with van der Waals surface area (Å²) in [6, 6.07) is 16.3. The molecule has 3 N–H and O–H groups in total. The molecule has 0 spiro atoms. The van der Waals surface area contributed by atoms with E-state index in [1.807, 2.05) is 31.2 Å². The monoisotopic (exact) mass is 478 g/mol. The van der Waals surface area contributed by atoms with Crippen LogP contribution >= 0.6 is 0 Å². The molecule has 4 rings (SSSR count). The summed E-state index contributed by atoms with van der Waals surface area (Å²) < 4.78 is 5.72. The van der Waals surface area contributed by atoms with Crippen molar-refractivity contribution in [1.82, 2.24) is 10.6 Å². The largest absolute Gasteiger partial charge is 0.481 e. The van der Waals surface area contributed by atoms with Gasteiger partial charge >= 0.3 is 12.1 Å². The first-order valence-electron chi connectivity index (χ1n) is 12.3. The third-order valence-corrected chi connectivity index (χ3v) is 7.54. The zero-order chi connectivity index (χ0) is 25.2. The van der Waals surface area contributed by atoms with Gasteiger partial charge in [-0.2, -0.15) is 0 Å². The van der Waals surface area contributed by atoms with Crippen LogP contribution in [0.15, 0.2) is 48.5 Å². The van der Waals surface area contributed by atoms with Gasteiger partial charge in [0.15, 0.2) is 0 Å². The van der Waals surface area contributed by atoms with Crippen molar-refractivity contribution >= 4 is 18.0 Å². The zero-order valence-electron chi connectivity index (χ0n) is 20.6. The van der Waals surface area contributed by atoms with E-state index < -0.39 is 28.9 Å². The molecule has 1 saturated carbocycles. The molecule has 2 aromatic rings. The predicted octanol–water partition coefficient (Wildman–Crippen LogP) is 4.70. The summed E-state index contributed by atoms with van der Waals surface area (Å²) in [7, 11) is 0. The Morgan fingerprint density at radius 3 is 2.23 bits per heavy atom. The number of amides is 2. The summed E-state index contributed by atoms with van der Waals surface area (Å²) >= 11 is 0. The van der Waals surface area contributed by atoms with Crippen molar-refractivity contribution in [2.75, 3.05) is 13.2 Å². The second kappa shape index (κ2) is 9.72. The minimum absolute atomic E-state index is 0.0265. The van der Waals surface area contributed by atoms with E-state index in [9.17, 15) is 19.5 Å². The number of aliphatic carboxylic acids is 1. The van der Waals surface area contributed by atoms with Crippen LogP contribution in [-0.2, 0) is 14.3 Å².